The molecule has 31 heavy (non-hydrogen) atoms. The van der Waals surface area contributed by atoms with Gasteiger partial charge in [0.15, 0.2) is 11.6 Å². The number of nitrogens with zero attached hydrogens (tertiary/aromatic N) is 1. The van der Waals surface area contributed by atoms with E-state index in [1.165, 1.54) is 12.1 Å². The molecule has 3 aromatic rings. The van der Waals surface area contributed by atoms with Gasteiger partial charge in [-0.3, -0.25) is 4.79 Å². The Labute approximate surface area is 204 Å². The number of para-hydroxylation sites is 1. The Morgan fingerprint density at radius 1 is 1.23 bits per heavy atom. The number of aromatic hydroxyl groups is 1. The van der Waals surface area contributed by atoms with Crippen LogP contribution in [0, 0.1) is 5.82 Å². The molecule has 0 aliphatic carbocycles. The third-order valence-corrected chi connectivity index (χ3v) is 5.18. The Balaban J connectivity index is 0.00000256. The number of allylic oxidation sites excluding steroid dienone is 1. The van der Waals surface area contributed by atoms with Gasteiger partial charge in [-0.15, -0.1) is 0 Å². The molecule has 1 unspecified atom stereocenters. The van der Waals surface area contributed by atoms with Crippen molar-refractivity contribution < 1.29 is 55.5 Å². The van der Waals surface area contributed by atoms with Crippen molar-refractivity contribution in [3.05, 3.63) is 60.1 Å². The number of phenolic OH excluding ortho intramolecular Hbond substituents is 1. The van der Waals surface area contributed by atoms with E-state index in [9.17, 15) is 19.4 Å². The van der Waals surface area contributed by atoms with E-state index in [0.29, 0.717) is 12.0 Å². The molecule has 0 amide bonds. The van der Waals surface area contributed by atoms with Gasteiger partial charge in [-0.1, -0.05) is 30.3 Å². The standard InChI is InChI=1S/C24H26FNO4.Na.H/c1-16(15-27)26-20-9-7-6-8-18(20)24(17-12-13-19(25)22(28)14-17)21(26)10-4-2-3-5-11-23(29)30;;/h4,6-10,12-14,16,27-28H,2-3,5,11,15H2,1H3,(H,29,30);;/q;+1;-1. The fraction of sp³-hybridized carbons (Fsp3) is 0.292. The van der Waals surface area contributed by atoms with Crippen molar-refractivity contribution >= 4 is 22.9 Å². The number of phenols is 1. The fourth-order valence-electron chi connectivity index (χ4n) is 3.71. The minimum Gasteiger partial charge on any atom is -1.00 e. The van der Waals surface area contributed by atoms with Crippen LogP contribution >= 0.6 is 0 Å². The molecule has 1 aromatic heterocycles. The van der Waals surface area contributed by atoms with Gasteiger partial charge in [0.05, 0.1) is 12.6 Å². The zero-order valence-electron chi connectivity index (χ0n) is 18.9. The van der Waals surface area contributed by atoms with Crippen LogP contribution in [-0.4, -0.2) is 32.5 Å². The number of aliphatic hydroxyl groups is 1. The van der Waals surface area contributed by atoms with Crippen molar-refractivity contribution in [2.24, 2.45) is 0 Å². The number of hydrogen-bond donors (Lipinski definition) is 3. The summed E-state index contributed by atoms with van der Waals surface area (Å²) >= 11 is 0. The average molecular weight is 435 g/mol. The van der Waals surface area contributed by atoms with Crippen LogP contribution in [0.2, 0.25) is 0 Å². The van der Waals surface area contributed by atoms with Crippen LogP contribution in [0.4, 0.5) is 4.39 Å². The topological polar surface area (TPSA) is 82.7 Å². The summed E-state index contributed by atoms with van der Waals surface area (Å²) in [5.74, 6) is -1.89. The number of carboxylic acid groups (broad SMARTS) is 1. The van der Waals surface area contributed by atoms with Crippen LogP contribution in [0.5, 0.6) is 5.75 Å². The third kappa shape index (κ3) is 5.77. The van der Waals surface area contributed by atoms with Crippen LogP contribution in [0.1, 0.15) is 45.8 Å². The second kappa shape index (κ2) is 11.5. The number of carbonyl (C=O) groups is 1. The van der Waals surface area contributed by atoms with Gasteiger partial charge >= 0.3 is 35.5 Å². The summed E-state index contributed by atoms with van der Waals surface area (Å²) < 4.78 is 15.7. The molecule has 3 N–H and O–H groups in total. The first kappa shape index (κ1) is 25.1. The van der Waals surface area contributed by atoms with E-state index in [4.69, 9.17) is 5.11 Å². The number of unbranched alkanes of at least 4 members (excludes halogenated alkanes) is 2. The summed E-state index contributed by atoms with van der Waals surface area (Å²) in [4.78, 5) is 10.7. The third-order valence-electron chi connectivity index (χ3n) is 5.18. The Hall–Kier alpha value is -2.12. The van der Waals surface area contributed by atoms with E-state index < -0.39 is 17.5 Å². The van der Waals surface area contributed by atoms with Gasteiger partial charge in [-0.05, 0) is 56.0 Å². The molecule has 0 fully saturated rings. The van der Waals surface area contributed by atoms with Gasteiger partial charge in [0.2, 0.25) is 0 Å². The van der Waals surface area contributed by atoms with Crippen molar-refractivity contribution in [1.29, 1.82) is 0 Å². The summed E-state index contributed by atoms with van der Waals surface area (Å²) in [6, 6.07) is 11.9. The number of aliphatic hydroxyl groups excluding tert-OH is 1. The summed E-state index contributed by atoms with van der Waals surface area (Å²) in [7, 11) is 0. The van der Waals surface area contributed by atoms with E-state index in [1.807, 2.05) is 47.9 Å². The zero-order valence-corrected chi connectivity index (χ0v) is 19.9. The summed E-state index contributed by atoms with van der Waals surface area (Å²) in [5, 5.41) is 29.5. The first-order valence-corrected chi connectivity index (χ1v) is 10.0. The van der Waals surface area contributed by atoms with Crippen molar-refractivity contribution in [3.63, 3.8) is 0 Å². The number of aromatic nitrogens is 1. The Bertz CT molecular complexity index is 1080. The maximum Gasteiger partial charge on any atom is 1.00 e. The Morgan fingerprint density at radius 3 is 2.65 bits per heavy atom. The van der Waals surface area contributed by atoms with Gasteiger partial charge in [0.25, 0.3) is 0 Å². The maximum atomic E-state index is 13.7. The van der Waals surface area contributed by atoms with Gasteiger partial charge < -0.3 is 21.3 Å². The van der Waals surface area contributed by atoms with Crippen molar-refractivity contribution in [2.45, 2.75) is 38.6 Å². The van der Waals surface area contributed by atoms with Crippen LogP contribution in [0.25, 0.3) is 28.1 Å². The fourth-order valence-corrected chi connectivity index (χ4v) is 3.71. The monoisotopic (exact) mass is 435 g/mol. The quantitative estimate of drug-likeness (QED) is 0.356. The SMILES string of the molecule is CC(CO)n1c(C=CCCCCC(=O)O)c(-c2ccc(F)c(O)c2)c2ccccc21.[H-].[Na+]. The molecule has 1 atom stereocenters. The number of fused-ring (bicyclic) bond motifs is 1. The summed E-state index contributed by atoms with van der Waals surface area (Å²) in [6.07, 6.45) is 6.18. The molecule has 3 rings (SSSR count). The molecular formula is C24H27FNNaO4. The maximum absolute atomic E-state index is 13.7. The second-order valence-electron chi connectivity index (χ2n) is 7.39. The van der Waals surface area contributed by atoms with E-state index in [1.54, 1.807) is 6.07 Å². The molecule has 0 aliphatic heterocycles. The first-order valence-electron chi connectivity index (χ1n) is 10.0. The smallest absolute Gasteiger partial charge is 1.00 e. The van der Waals surface area contributed by atoms with E-state index in [-0.39, 0.29) is 50.1 Å². The average Bonchev–Trinajstić information content (AvgIpc) is 3.06. The molecule has 0 radical (unpaired) electrons. The molecule has 1 heterocycles. The number of aliphatic carboxylic acids is 1. The molecule has 0 spiro atoms. The molecule has 0 saturated heterocycles. The summed E-state index contributed by atoms with van der Waals surface area (Å²) in [5.41, 5.74) is 3.31. The second-order valence-corrected chi connectivity index (χ2v) is 7.39. The van der Waals surface area contributed by atoms with Gasteiger partial charge in [0.1, 0.15) is 0 Å². The van der Waals surface area contributed by atoms with Crippen LogP contribution < -0.4 is 29.6 Å². The van der Waals surface area contributed by atoms with E-state index in [0.717, 1.165) is 35.0 Å². The molecule has 0 saturated carbocycles. The minimum absolute atomic E-state index is 0. The number of benzene rings is 2. The van der Waals surface area contributed by atoms with Crippen molar-refractivity contribution in [2.75, 3.05) is 6.61 Å². The molecule has 160 valence electrons. The van der Waals surface area contributed by atoms with E-state index in [2.05, 4.69) is 0 Å². The number of carboxylic acids is 1. The van der Waals surface area contributed by atoms with Crippen molar-refractivity contribution in [3.8, 4) is 16.9 Å². The molecule has 2 aromatic carbocycles. The van der Waals surface area contributed by atoms with E-state index >= 15 is 0 Å². The predicted molar refractivity (Wildman–Crippen MR) is 117 cm³/mol. The molecule has 5 nitrogen and oxygen atoms in total. The van der Waals surface area contributed by atoms with Gasteiger partial charge in [-0.2, -0.15) is 0 Å². The molecule has 7 heteroatoms. The van der Waals surface area contributed by atoms with Gasteiger partial charge in [0, 0.05) is 28.6 Å². The number of halogens is 1. The molecule has 0 bridgehead atoms. The zero-order chi connectivity index (χ0) is 21.7. The minimum atomic E-state index is -0.797. The Kier molecular flexibility index (Phi) is 9.32. The Morgan fingerprint density at radius 2 is 1.97 bits per heavy atom. The van der Waals surface area contributed by atoms with Gasteiger partial charge in [-0.25, -0.2) is 4.39 Å². The number of rotatable bonds is 9. The van der Waals surface area contributed by atoms with Crippen LogP contribution in [-0.2, 0) is 4.79 Å². The van der Waals surface area contributed by atoms with Crippen LogP contribution in [0.3, 0.4) is 0 Å². The first-order chi connectivity index (χ1) is 14.4. The van der Waals surface area contributed by atoms with Crippen molar-refractivity contribution in [1.82, 2.24) is 4.57 Å². The normalized spacial score (nSPS) is 12.2. The largest absolute Gasteiger partial charge is 1.00 e. The van der Waals surface area contributed by atoms with Crippen LogP contribution in [0.15, 0.2) is 48.5 Å². The predicted octanol–water partition coefficient (Wildman–Crippen LogP) is 2.48. The number of hydrogen-bond acceptors (Lipinski definition) is 3. The molecular weight excluding hydrogens is 408 g/mol. The molecule has 0 aliphatic rings. The summed E-state index contributed by atoms with van der Waals surface area (Å²) in [6.45, 7) is 1.87.